The van der Waals surface area contributed by atoms with E-state index >= 15 is 0 Å². The molecule has 1 unspecified atom stereocenters. The number of rotatable bonds is 5. The van der Waals surface area contributed by atoms with Gasteiger partial charge in [0.2, 0.25) is 0 Å². The van der Waals surface area contributed by atoms with Crippen LogP contribution in [0.4, 0.5) is 0 Å². The Hall–Kier alpha value is -0.830. The molecule has 1 atom stereocenters. The third kappa shape index (κ3) is 4.68. The van der Waals surface area contributed by atoms with Gasteiger partial charge in [0.05, 0.1) is 6.61 Å². The molecule has 0 aromatic carbocycles. The molecular formula is C10H18O3. The molecule has 0 heterocycles. The van der Waals surface area contributed by atoms with Crippen LogP contribution in [0.2, 0.25) is 0 Å². The van der Waals surface area contributed by atoms with Crippen molar-refractivity contribution >= 4 is 5.97 Å². The van der Waals surface area contributed by atoms with Gasteiger partial charge in [0.1, 0.15) is 0 Å². The van der Waals surface area contributed by atoms with Gasteiger partial charge in [-0.25, -0.2) is 4.79 Å². The summed E-state index contributed by atoms with van der Waals surface area (Å²) in [6.07, 6.45) is 2.53. The van der Waals surface area contributed by atoms with Gasteiger partial charge in [-0.1, -0.05) is 13.0 Å². The molecule has 0 aliphatic rings. The van der Waals surface area contributed by atoms with Crippen molar-refractivity contribution in [2.24, 2.45) is 5.92 Å². The van der Waals surface area contributed by atoms with Crippen LogP contribution in [0.5, 0.6) is 0 Å². The number of hydrogen-bond acceptors (Lipinski definition) is 3. The second kappa shape index (κ2) is 6.66. The van der Waals surface area contributed by atoms with Crippen molar-refractivity contribution in [2.75, 3.05) is 13.2 Å². The fraction of sp³-hybridized carbons (Fsp3) is 0.700. The summed E-state index contributed by atoms with van der Waals surface area (Å²) in [7, 11) is 0. The zero-order chi connectivity index (χ0) is 10.3. The van der Waals surface area contributed by atoms with E-state index in [2.05, 4.69) is 0 Å². The monoisotopic (exact) mass is 186 g/mol. The molecule has 0 saturated carbocycles. The fourth-order valence-corrected chi connectivity index (χ4v) is 0.725. The summed E-state index contributed by atoms with van der Waals surface area (Å²) >= 11 is 0. The Morgan fingerprint density at radius 1 is 1.62 bits per heavy atom. The van der Waals surface area contributed by atoms with Gasteiger partial charge >= 0.3 is 5.97 Å². The zero-order valence-electron chi connectivity index (χ0n) is 8.54. The Labute approximate surface area is 79.4 Å². The lowest BCUT2D eigenvalue weighted by molar-refractivity contribution is -0.140. The lowest BCUT2D eigenvalue weighted by atomic mass is 10.1. The summed E-state index contributed by atoms with van der Waals surface area (Å²) in [5, 5.41) is 8.83. The van der Waals surface area contributed by atoms with E-state index in [4.69, 9.17) is 9.84 Å². The first kappa shape index (κ1) is 12.2. The second-order valence-corrected chi connectivity index (χ2v) is 3.03. The van der Waals surface area contributed by atoms with Crippen LogP contribution in [-0.4, -0.2) is 24.3 Å². The third-order valence-electron chi connectivity index (χ3n) is 2.04. The number of carbonyl (C=O) groups excluding carboxylic acids is 1. The predicted octanol–water partition coefficient (Wildman–Crippen LogP) is 1.51. The number of aliphatic hydroxyl groups is 1. The number of esters is 1. The fourth-order valence-electron chi connectivity index (χ4n) is 0.725. The highest BCUT2D eigenvalue weighted by molar-refractivity contribution is 5.87. The molecular weight excluding hydrogens is 168 g/mol. The third-order valence-corrected chi connectivity index (χ3v) is 2.04. The Morgan fingerprint density at radius 2 is 2.23 bits per heavy atom. The Bertz CT molecular complexity index is 181. The van der Waals surface area contributed by atoms with E-state index in [0.29, 0.717) is 12.2 Å². The average Bonchev–Trinajstić information content (AvgIpc) is 2.17. The predicted molar refractivity (Wildman–Crippen MR) is 51.3 cm³/mol. The van der Waals surface area contributed by atoms with Crippen molar-refractivity contribution in [3.8, 4) is 0 Å². The van der Waals surface area contributed by atoms with Crippen LogP contribution in [0.1, 0.15) is 27.2 Å². The molecule has 0 radical (unpaired) electrons. The van der Waals surface area contributed by atoms with Gasteiger partial charge < -0.3 is 9.84 Å². The summed E-state index contributed by atoms with van der Waals surface area (Å²) in [6, 6.07) is 0. The molecule has 0 aromatic heterocycles. The molecule has 13 heavy (non-hydrogen) atoms. The van der Waals surface area contributed by atoms with Gasteiger partial charge in [-0.15, -0.1) is 0 Å². The van der Waals surface area contributed by atoms with Gasteiger partial charge in [-0.2, -0.15) is 0 Å². The van der Waals surface area contributed by atoms with Crippen LogP contribution in [0.15, 0.2) is 11.6 Å². The van der Waals surface area contributed by atoms with Crippen molar-refractivity contribution in [3.63, 3.8) is 0 Å². The van der Waals surface area contributed by atoms with E-state index in [-0.39, 0.29) is 18.5 Å². The lowest BCUT2D eigenvalue weighted by Crippen LogP contribution is -2.17. The minimum absolute atomic E-state index is 0.0635. The second-order valence-electron chi connectivity index (χ2n) is 3.03. The van der Waals surface area contributed by atoms with Crippen molar-refractivity contribution in [1.82, 2.24) is 0 Å². The first-order valence-corrected chi connectivity index (χ1v) is 4.56. The maximum Gasteiger partial charge on any atom is 0.333 e. The highest BCUT2D eigenvalue weighted by Crippen LogP contribution is 2.04. The van der Waals surface area contributed by atoms with Crippen LogP contribution in [-0.2, 0) is 9.53 Å². The van der Waals surface area contributed by atoms with E-state index in [0.717, 1.165) is 6.42 Å². The summed E-state index contributed by atoms with van der Waals surface area (Å²) in [5.41, 5.74) is 0.604. The highest BCUT2D eigenvalue weighted by Gasteiger charge is 2.09. The topological polar surface area (TPSA) is 46.5 Å². The minimum atomic E-state index is -0.297. The molecule has 0 aliphatic heterocycles. The van der Waals surface area contributed by atoms with E-state index in [1.54, 1.807) is 19.9 Å². The molecule has 0 amide bonds. The van der Waals surface area contributed by atoms with E-state index < -0.39 is 0 Å². The van der Waals surface area contributed by atoms with Gasteiger partial charge in [0.15, 0.2) is 0 Å². The quantitative estimate of drug-likeness (QED) is 0.523. The molecule has 0 aliphatic carbocycles. The van der Waals surface area contributed by atoms with Gasteiger partial charge in [0.25, 0.3) is 0 Å². The van der Waals surface area contributed by atoms with E-state index in [1.807, 2.05) is 6.92 Å². The summed E-state index contributed by atoms with van der Waals surface area (Å²) in [4.78, 5) is 11.1. The van der Waals surface area contributed by atoms with Crippen LogP contribution in [0.3, 0.4) is 0 Å². The molecule has 0 fully saturated rings. The lowest BCUT2D eigenvalue weighted by Gasteiger charge is -2.11. The van der Waals surface area contributed by atoms with Gasteiger partial charge in [0, 0.05) is 18.1 Å². The maximum atomic E-state index is 11.1. The Balaban J connectivity index is 3.81. The van der Waals surface area contributed by atoms with Crippen LogP contribution < -0.4 is 0 Å². The molecule has 1 N–H and O–H groups in total. The molecule has 3 nitrogen and oxygen atoms in total. The number of allylic oxidation sites excluding steroid dienone is 1. The summed E-state index contributed by atoms with van der Waals surface area (Å²) in [6.45, 7) is 5.83. The van der Waals surface area contributed by atoms with Crippen LogP contribution in [0.25, 0.3) is 0 Å². The molecule has 0 spiro atoms. The molecule has 0 saturated heterocycles. The average molecular weight is 186 g/mol. The normalized spacial score (nSPS) is 14.0. The summed E-state index contributed by atoms with van der Waals surface area (Å²) in [5.74, 6) is -0.233. The van der Waals surface area contributed by atoms with Crippen molar-refractivity contribution in [1.29, 1.82) is 0 Å². The standard InChI is InChI=1S/C10H18O3/c1-4-8(3)10(12)13-7-9(5-2)6-11/h4,9,11H,5-7H2,1-3H3. The number of carbonyl (C=O) groups is 1. The number of hydrogen-bond donors (Lipinski definition) is 1. The largest absolute Gasteiger partial charge is 0.462 e. The van der Waals surface area contributed by atoms with Crippen molar-refractivity contribution in [3.05, 3.63) is 11.6 Å². The van der Waals surface area contributed by atoms with Crippen molar-refractivity contribution in [2.45, 2.75) is 27.2 Å². The van der Waals surface area contributed by atoms with Gasteiger partial charge in [-0.05, 0) is 20.3 Å². The zero-order valence-corrected chi connectivity index (χ0v) is 8.54. The maximum absolute atomic E-state index is 11.1. The van der Waals surface area contributed by atoms with E-state index in [9.17, 15) is 4.79 Å². The highest BCUT2D eigenvalue weighted by atomic mass is 16.5. The van der Waals surface area contributed by atoms with E-state index in [1.165, 1.54) is 0 Å². The minimum Gasteiger partial charge on any atom is -0.462 e. The number of aliphatic hydroxyl groups excluding tert-OH is 1. The molecule has 0 rings (SSSR count). The first-order chi connectivity index (χ1) is 6.15. The van der Waals surface area contributed by atoms with Gasteiger partial charge in [-0.3, -0.25) is 0 Å². The molecule has 0 bridgehead atoms. The smallest absolute Gasteiger partial charge is 0.333 e. The molecule has 3 heteroatoms. The first-order valence-electron chi connectivity index (χ1n) is 4.56. The van der Waals surface area contributed by atoms with Crippen LogP contribution >= 0.6 is 0 Å². The SMILES string of the molecule is CC=C(C)C(=O)OCC(CC)CO. The van der Waals surface area contributed by atoms with Crippen molar-refractivity contribution < 1.29 is 14.6 Å². The number of ether oxygens (including phenoxy) is 1. The molecule has 76 valence electrons. The Morgan fingerprint density at radius 3 is 2.62 bits per heavy atom. The molecule has 0 aromatic rings. The van der Waals surface area contributed by atoms with Crippen LogP contribution in [0, 0.1) is 5.92 Å². The Kier molecular flexibility index (Phi) is 6.24. The summed E-state index contributed by atoms with van der Waals surface area (Å²) < 4.78 is 4.97.